The molecule has 162 valence electrons. The zero-order chi connectivity index (χ0) is 22.5. The van der Waals surface area contributed by atoms with Gasteiger partial charge in [-0.2, -0.15) is 5.10 Å². The summed E-state index contributed by atoms with van der Waals surface area (Å²) in [5.41, 5.74) is 8.93. The molecule has 2 amide bonds. The fraction of sp³-hybridized carbons (Fsp3) is 0.167. The lowest BCUT2D eigenvalue weighted by molar-refractivity contribution is 0.0847. The van der Waals surface area contributed by atoms with Crippen LogP contribution in [0, 0.1) is 6.92 Å². The van der Waals surface area contributed by atoms with E-state index in [9.17, 15) is 9.59 Å². The lowest BCUT2D eigenvalue weighted by Gasteiger charge is -2.09. The van der Waals surface area contributed by atoms with E-state index in [1.165, 1.54) is 17.5 Å². The van der Waals surface area contributed by atoms with E-state index in [0.29, 0.717) is 29.1 Å². The molecule has 0 fully saturated rings. The number of rotatable bonds is 6. The molecule has 0 bridgehead atoms. The Kier molecular flexibility index (Phi) is 6.42. The van der Waals surface area contributed by atoms with Crippen LogP contribution in [0.2, 0.25) is 0 Å². The molecule has 0 unspecified atom stereocenters. The lowest BCUT2D eigenvalue weighted by Crippen LogP contribution is -2.41. The van der Waals surface area contributed by atoms with Gasteiger partial charge in [0, 0.05) is 5.56 Å². The Hall–Kier alpha value is -3.78. The van der Waals surface area contributed by atoms with Gasteiger partial charge >= 0.3 is 0 Å². The topological polar surface area (TPSA) is 88.9 Å². The van der Waals surface area contributed by atoms with Gasteiger partial charge in [-0.25, -0.2) is 4.98 Å². The summed E-state index contributed by atoms with van der Waals surface area (Å²) in [7, 11) is 0. The van der Waals surface area contributed by atoms with Crippen LogP contribution in [0.3, 0.4) is 0 Å². The number of benzene rings is 2. The van der Waals surface area contributed by atoms with E-state index in [2.05, 4.69) is 20.9 Å². The van der Waals surface area contributed by atoms with Crippen molar-refractivity contribution in [3.63, 3.8) is 0 Å². The smallest absolute Gasteiger partial charge is 0.267 e. The lowest BCUT2D eigenvalue weighted by atomic mass is 10.2. The maximum Gasteiger partial charge on any atom is 0.281 e. The van der Waals surface area contributed by atoms with Crippen LogP contribution in [0.5, 0.6) is 0 Å². The molecule has 32 heavy (non-hydrogen) atoms. The molecule has 0 aliphatic rings. The fourth-order valence-corrected chi connectivity index (χ4v) is 4.38. The summed E-state index contributed by atoms with van der Waals surface area (Å²) in [6, 6.07) is 19.6. The minimum atomic E-state index is -0.403. The zero-order valence-corrected chi connectivity index (χ0v) is 18.6. The Labute approximate surface area is 190 Å². The highest BCUT2D eigenvalue weighted by atomic mass is 32.1. The number of carbonyl (C=O) groups excluding carboxylic acids is 2. The van der Waals surface area contributed by atoms with E-state index in [1.807, 2.05) is 72.3 Å². The molecule has 2 heterocycles. The summed E-state index contributed by atoms with van der Waals surface area (Å²) in [5.74, 6) is -0.801. The summed E-state index contributed by atoms with van der Waals surface area (Å²) in [6.07, 6.45) is 2.17. The molecule has 0 saturated heterocycles. The number of amides is 2. The third-order valence-corrected chi connectivity index (χ3v) is 6.22. The van der Waals surface area contributed by atoms with Crippen molar-refractivity contribution in [2.45, 2.75) is 26.8 Å². The van der Waals surface area contributed by atoms with E-state index in [-0.39, 0.29) is 0 Å². The monoisotopic (exact) mass is 445 g/mol. The first-order valence-corrected chi connectivity index (χ1v) is 11.1. The van der Waals surface area contributed by atoms with Crippen molar-refractivity contribution in [3.05, 3.63) is 94.3 Å². The summed E-state index contributed by atoms with van der Waals surface area (Å²) in [6.45, 7) is 4.33. The number of nitrogens with zero attached hydrogens (tertiary/aromatic N) is 3. The first-order chi connectivity index (χ1) is 15.6. The van der Waals surface area contributed by atoms with Crippen LogP contribution < -0.4 is 10.9 Å². The molecule has 2 N–H and O–H groups in total. The van der Waals surface area contributed by atoms with E-state index in [0.717, 1.165) is 21.8 Å². The molecule has 0 aliphatic carbocycles. The van der Waals surface area contributed by atoms with Crippen molar-refractivity contribution in [1.82, 2.24) is 25.6 Å². The van der Waals surface area contributed by atoms with Crippen molar-refractivity contribution in [3.8, 4) is 10.6 Å². The van der Waals surface area contributed by atoms with Gasteiger partial charge in [0.2, 0.25) is 0 Å². The van der Waals surface area contributed by atoms with Crippen molar-refractivity contribution in [2.24, 2.45) is 0 Å². The first kappa shape index (κ1) is 21.5. The summed E-state index contributed by atoms with van der Waals surface area (Å²) in [5, 5.41) is 5.13. The molecule has 0 spiro atoms. The number of aromatic nitrogens is 3. The fourth-order valence-electron chi connectivity index (χ4n) is 3.41. The van der Waals surface area contributed by atoms with Gasteiger partial charge in [0.15, 0.2) is 0 Å². The molecule has 2 aromatic heterocycles. The number of thiazole rings is 1. The van der Waals surface area contributed by atoms with E-state index in [1.54, 1.807) is 6.92 Å². The van der Waals surface area contributed by atoms with Gasteiger partial charge in [0.25, 0.3) is 11.8 Å². The maximum atomic E-state index is 12.7. The summed E-state index contributed by atoms with van der Waals surface area (Å²) >= 11 is 1.29. The van der Waals surface area contributed by atoms with Crippen molar-refractivity contribution >= 4 is 23.2 Å². The zero-order valence-electron chi connectivity index (χ0n) is 17.8. The molecule has 0 saturated carbocycles. The minimum Gasteiger partial charge on any atom is -0.267 e. The van der Waals surface area contributed by atoms with Gasteiger partial charge in [0.1, 0.15) is 9.88 Å². The van der Waals surface area contributed by atoms with Gasteiger partial charge < -0.3 is 0 Å². The Morgan fingerprint density at radius 3 is 2.31 bits per heavy atom. The van der Waals surface area contributed by atoms with E-state index >= 15 is 0 Å². The Morgan fingerprint density at radius 1 is 0.969 bits per heavy atom. The molecule has 4 aromatic rings. The van der Waals surface area contributed by atoms with E-state index < -0.39 is 11.8 Å². The van der Waals surface area contributed by atoms with Crippen LogP contribution in [-0.2, 0) is 13.0 Å². The van der Waals surface area contributed by atoms with Crippen molar-refractivity contribution in [2.75, 3.05) is 0 Å². The molecular formula is C24H23N5O2S. The van der Waals surface area contributed by atoms with Crippen molar-refractivity contribution < 1.29 is 9.59 Å². The molecule has 0 radical (unpaired) electrons. The SMILES string of the molecule is CCc1c(C(=O)NNC(=O)c2sc(-c3ccccc3)nc2C)cnn1Cc1ccccc1. The Balaban J connectivity index is 1.44. The van der Waals surface area contributed by atoms with Gasteiger partial charge in [-0.1, -0.05) is 67.6 Å². The average molecular weight is 446 g/mol. The number of nitrogens with one attached hydrogen (secondary N) is 2. The number of hydrazine groups is 1. The molecule has 7 nitrogen and oxygen atoms in total. The molecule has 8 heteroatoms. The van der Waals surface area contributed by atoms with Gasteiger partial charge in [-0.15, -0.1) is 11.3 Å². The Morgan fingerprint density at radius 2 is 1.62 bits per heavy atom. The highest BCUT2D eigenvalue weighted by Crippen LogP contribution is 2.27. The van der Waals surface area contributed by atoms with Crippen LogP contribution in [0.4, 0.5) is 0 Å². The quantitative estimate of drug-likeness (QED) is 0.439. The largest absolute Gasteiger partial charge is 0.281 e. The second kappa shape index (κ2) is 9.57. The van der Waals surface area contributed by atoms with Crippen LogP contribution in [-0.4, -0.2) is 26.6 Å². The number of hydrogen-bond acceptors (Lipinski definition) is 5. The minimum absolute atomic E-state index is 0.398. The molecule has 4 rings (SSSR count). The van der Waals surface area contributed by atoms with Crippen LogP contribution in [0.25, 0.3) is 10.6 Å². The predicted octanol–water partition coefficient (Wildman–Crippen LogP) is 4.00. The second-order valence-corrected chi connectivity index (χ2v) is 8.21. The van der Waals surface area contributed by atoms with Gasteiger partial charge in [-0.3, -0.25) is 25.1 Å². The molecule has 2 aromatic carbocycles. The maximum absolute atomic E-state index is 12.7. The van der Waals surface area contributed by atoms with Crippen LogP contribution >= 0.6 is 11.3 Å². The molecule has 0 aliphatic heterocycles. The standard InChI is InChI=1S/C24H23N5O2S/c1-3-20-19(14-25-29(20)15-17-10-6-4-7-11-17)22(30)27-28-23(31)21-16(2)26-24(32-21)18-12-8-5-9-13-18/h4-14H,3,15H2,1-2H3,(H,27,30)(H,28,31). The summed E-state index contributed by atoms with van der Waals surface area (Å²) < 4.78 is 1.81. The third-order valence-electron chi connectivity index (χ3n) is 5.02. The summed E-state index contributed by atoms with van der Waals surface area (Å²) in [4.78, 5) is 30.4. The number of carbonyl (C=O) groups is 2. The number of aryl methyl sites for hydroxylation is 1. The Bertz CT molecular complexity index is 1230. The molecule has 0 atom stereocenters. The normalized spacial score (nSPS) is 10.7. The highest BCUT2D eigenvalue weighted by molar-refractivity contribution is 7.17. The van der Waals surface area contributed by atoms with Crippen LogP contribution in [0.1, 0.15) is 43.9 Å². The average Bonchev–Trinajstić information content (AvgIpc) is 3.41. The highest BCUT2D eigenvalue weighted by Gasteiger charge is 2.20. The number of hydrogen-bond donors (Lipinski definition) is 2. The third kappa shape index (κ3) is 4.60. The van der Waals surface area contributed by atoms with Crippen LogP contribution in [0.15, 0.2) is 66.9 Å². The van der Waals surface area contributed by atoms with Crippen molar-refractivity contribution in [1.29, 1.82) is 0 Å². The predicted molar refractivity (Wildman–Crippen MR) is 124 cm³/mol. The second-order valence-electron chi connectivity index (χ2n) is 7.21. The first-order valence-electron chi connectivity index (χ1n) is 10.3. The van der Waals surface area contributed by atoms with Gasteiger partial charge in [0.05, 0.1) is 29.7 Å². The molecular weight excluding hydrogens is 422 g/mol. The van der Waals surface area contributed by atoms with Gasteiger partial charge in [-0.05, 0) is 18.9 Å². The van der Waals surface area contributed by atoms with E-state index in [4.69, 9.17) is 0 Å².